The van der Waals surface area contributed by atoms with Gasteiger partial charge < -0.3 is 10.1 Å². The Balaban J connectivity index is 2.92. The summed E-state index contributed by atoms with van der Waals surface area (Å²) in [6, 6.07) is 0.650. The second-order valence-electron chi connectivity index (χ2n) is 3.46. The number of fused-ring (bicyclic) bond motifs is 1. The average Bonchev–Trinajstić information content (AvgIpc) is 2.80. The number of esters is 1. The Bertz CT molecular complexity index is 659. The number of aromatic nitrogens is 2. The Morgan fingerprint density at radius 3 is 2.74 bits per heavy atom. The van der Waals surface area contributed by atoms with Crippen molar-refractivity contribution in [2.75, 3.05) is 19.5 Å². The van der Waals surface area contributed by atoms with Crippen molar-refractivity contribution in [2.24, 2.45) is 0 Å². The molecule has 0 atom stereocenters. The van der Waals surface area contributed by atoms with Gasteiger partial charge in [0.1, 0.15) is 11.0 Å². The lowest BCUT2D eigenvalue weighted by molar-refractivity contribution is 0.0602. The molecule has 0 fully saturated rings. The van der Waals surface area contributed by atoms with Gasteiger partial charge in [0.15, 0.2) is 24.0 Å². The number of imidazole rings is 1. The third kappa shape index (κ3) is 1.99. The number of nitrogens with one attached hydrogen (secondary N) is 1. The Morgan fingerprint density at radius 1 is 1.53 bits per heavy atom. The van der Waals surface area contributed by atoms with Gasteiger partial charge in [0, 0.05) is 7.05 Å². The molecule has 5 nitrogen and oxygen atoms in total. The van der Waals surface area contributed by atoms with E-state index < -0.39 is 23.1 Å². The van der Waals surface area contributed by atoms with Gasteiger partial charge in [-0.3, -0.25) is 0 Å². The standard InChI is InChI=1S/C10H8F3N3O2S/c1-14-10-15-7-6(12)5(11)3-4(9(17)18-2)8(7)16(10)19-13/h3H,1-2H3,(H,14,15). The topological polar surface area (TPSA) is 56.1 Å². The lowest BCUT2D eigenvalue weighted by Crippen LogP contribution is -2.06. The van der Waals surface area contributed by atoms with E-state index in [0.29, 0.717) is 6.07 Å². The van der Waals surface area contributed by atoms with Crippen LogP contribution in [0.25, 0.3) is 11.0 Å². The maximum absolute atomic E-state index is 13.6. The van der Waals surface area contributed by atoms with Crippen molar-refractivity contribution in [2.45, 2.75) is 0 Å². The average molecular weight is 291 g/mol. The van der Waals surface area contributed by atoms with Gasteiger partial charge in [-0.05, 0) is 6.07 Å². The highest BCUT2D eigenvalue weighted by atomic mass is 32.2. The van der Waals surface area contributed by atoms with Gasteiger partial charge in [0.05, 0.1) is 12.7 Å². The smallest absolute Gasteiger partial charge is 0.340 e. The number of carbonyl (C=O) groups is 1. The Kier molecular flexibility index (Phi) is 3.56. The van der Waals surface area contributed by atoms with Crippen LogP contribution in [0, 0.1) is 11.6 Å². The number of halogens is 3. The highest BCUT2D eigenvalue weighted by Gasteiger charge is 2.25. The van der Waals surface area contributed by atoms with Crippen molar-refractivity contribution < 1.29 is 22.2 Å². The van der Waals surface area contributed by atoms with Crippen LogP contribution in [-0.4, -0.2) is 29.1 Å². The molecular formula is C10H8F3N3O2S. The van der Waals surface area contributed by atoms with Gasteiger partial charge in [-0.15, -0.1) is 3.89 Å². The predicted molar refractivity (Wildman–Crippen MR) is 64.6 cm³/mol. The summed E-state index contributed by atoms with van der Waals surface area (Å²) in [6.45, 7) is 0. The molecule has 1 aromatic heterocycles. The summed E-state index contributed by atoms with van der Waals surface area (Å²) in [5, 5.41) is 2.52. The number of hydrogen-bond donors (Lipinski definition) is 1. The molecule has 0 aliphatic rings. The first-order valence-electron chi connectivity index (χ1n) is 5.00. The largest absolute Gasteiger partial charge is 0.465 e. The molecular weight excluding hydrogens is 283 g/mol. The first-order valence-corrected chi connectivity index (χ1v) is 5.68. The second kappa shape index (κ2) is 5.00. The molecule has 1 aromatic carbocycles. The monoisotopic (exact) mass is 291 g/mol. The van der Waals surface area contributed by atoms with Crippen LogP contribution in [0.4, 0.5) is 18.6 Å². The van der Waals surface area contributed by atoms with E-state index in [-0.39, 0.29) is 29.4 Å². The molecule has 102 valence electrons. The van der Waals surface area contributed by atoms with Crippen LogP contribution < -0.4 is 5.32 Å². The Morgan fingerprint density at radius 2 is 2.21 bits per heavy atom. The minimum Gasteiger partial charge on any atom is -0.465 e. The van der Waals surface area contributed by atoms with Gasteiger partial charge in [0.25, 0.3) is 0 Å². The third-order valence-electron chi connectivity index (χ3n) is 2.48. The van der Waals surface area contributed by atoms with Crippen molar-refractivity contribution in [1.82, 2.24) is 8.96 Å². The highest BCUT2D eigenvalue weighted by Crippen LogP contribution is 2.31. The van der Waals surface area contributed by atoms with Gasteiger partial charge in [0.2, 0.25) is 5.95 Å². The molecule has 2 rings (SSSR count). The number of hydrogen-bond acceptors (Lipinski definition) is 5. The van der Waals surface area contributed by atoms with Gasteiger partial charge >= 0.3 is 5.97 Å². The number of anilines is 1. The summed E-state index contributed by atoms with van der Waals surface area (Å²) in [4.78, 5) is 15.3. The molecule has 0 unspecified atom stereocenters. The molecule has 0 saturated carbocycles. The number of nitrogens with zero attached hydrogens (tertiary/aromatic N) is 2. The number of carbonyl (C=O) groups excluding carboxylic acids is 1. The van der Waals surface area contributed by atoms with Crippen LogP contribution in [0.5, 0.6) is 0 Å². The van der Waals surface area contributed by atoms with E-state index in [9.17, 15) is 17.5 Å². The highest BCUT2D eigenvalue weighted by molar-refractivity contribution is 7.93. The SMILES string of the molecule is CNc1nc2c(F)c(F)cc(C(=O)OC)c2n1SF. The van der Waals surface area contributed by atoms with Crippen molar-refractivity contribution in [3.8, 4) is 0 Å². The zero-order chi connectivity index (χ0) is 14.2. The maximum atomic E-state index is 13.6. The molecule has 2 aromatic rings. The molecule has 0 aliphatic heterocycles. The van der Waals surface area contributed by atoms with Crippen molar-refractivity contribution in [3.05, 3.63) is 23.3 Å². The van der Waals surface area contributed by atoms with E-state index in [2.05, 4.69) is 15.0 Å². The number of rotatable bonds is 3. The quantitative estimate of drug-likeness (QED) is 0.881. The zero-order valence-electron chi connectivity index (χ0n) is 9.83. The fraction of sp³-hybridized carbons (Fsp3) is 0.200. The summed E-state index contributed by atoms with van der Waals surface area (Å²) < 4.78 is 45.3. The fourth-order valence-corrected chi connectivity index (χ4v) is 2.11. The van der Waals surface area contributed by atoms with Crippen molar-refractivity contribution in [3.63, 3.8) is 0 Å². The molecule has 0 radical (unpaired) electrons. The number of ether oxygens (including phenoxy) is 1. The van der Waals surface area contributed by atoms with Crippen molar-refractivity contribution in [1.29, 1.82) is 0 Å². The van der Waals surface area contributed by atoms with Gasteiger partial charge in [-0.2, -0.15) is 0 Å². The summed E-state index contributed by atoms with van der Waals surface area (Å²) in [5.74, 6) is -3.49. The van der Waals surface area contributed by atoms with Crippen LogP contribution in [0.3, 0.4) is 0 Å². The first kappa shape index (κ1) is 13.5. The first-order chi connectivity index (χ1) is 9.04. The van der Waals surface area contributed by atoms with Gasteiger partial charge in [-0.25, -0.2) is 22.5 Å². The summed E-state index contributed by atoms with van der Waals surface area (Å²) in [5.41, 5.74) is -0.951. The van der Waals surface area contributed by atoms with E-state index >= 15 is 0 Å². The summed E-state index contributed by atoms with van der Waals surface area (Å²) in [6.07, 6.45) is 0. The Hall–Kier alpha value is -1.90. The fourth-order valence-electron chi connectivity index (χ4n) is 1.66. The number of methoxy groups -OCH3 is 1. The molecule has 19 heavy (non-hydrogen) atoms. The number of benzene rings is 1. The lowest BCUT2D eigenvalue weighted by Gasteiger charge is -2.05. The molecule has 1 N–H and O–H groups in total. The predicted octanol–water partition coefficient (Wildman–Crippen LogP) is 2.52. The van der Waals surface area contributed by atoms with Crippen molar-refractivity contribution >= 4 is 35.3 Å². The van der Waals surface area contributed by atoms with Gasteiger partial charge in [-0.1, -0.05) is 0 Å². The van der Waals surface area contributed by atoms with Crippen LogP contribution >= 0.6 is 12.3 Å². The second-order valence-corrected chi connectivity index (χ2v) is 3.96. The molecule has 0 bridgehead atoms. The van der Waals surface area contributed by atoms with E-state index in [0.717, 1.165) is 11.1 Å². The molecule has 0 amide bonds. The maximum Gasteiger partial charge on any atom is 0.340 e. The summed E-state index contributed by atoms with van der Waals surface area (Å²) >= 11 is -0.292. The van der Waals surface area contributed by atoms with E-state index in [1.165, 1.54) is 7.05 Å². The third-order valence-corrected chi connectivity index (χ3v) is 2.97. The molecule has 0 spiro atoms. The molecule has 0 saturated heterocycles. The zero-order valence-corrected chi connectivity index (χ0v) is 10.6. The Labute approximate surface area is 110 Å². The van der Waals surface area contributed by atoms with Crippen LogP contribution in [-0.2, 0) is 4.74 Å². The van der Waals surface area contributed by atoms with E-state index in [1.54, 1.807) is 0 Å². The lowest BCUT2D eigenvalue weighted by atomic mass is 10.1. The van der Waals surface area contributed by atoms with E-state index in [4.69, 9.17) is 0 Å². The molecule has 1 heterocycles. The summed E-state index contributed by atoms with van der Waals surface area (Å²) in [7, 11) is 2.51. The van der Waals surface area contributed by atoms with Crippen LogP contribution in [0.1, 0.15) is 10.4 Å². The minimum absolute atomic E-state index is 0.0582. The van der Waals surface area contributed by atoms with Crippen LogP contribution in [0.2, 0.25) is 0 Å². The normalized spacial score (nSPS) is 10.8. The molecule has 9 heteroatoms. The van der Waals surface area contributed by atoms with E-state index in [1.807, 2.05) is 0 Å². The molecule has 0 aliphatic carbocycles. The van der Waals surface area contributed by atoms with Crippen LogP contribution in [0.15, 0.2) is 6.07 Å². The minimum atomic E-state index is -1.26.